The fourth-order valence-electron chi connectivity index (χ4n) is 3.31. The van der Waals surface area contributed by atoms with Crippen LogP contribution in [0.15, 0.2) is 59.1 Å². The monoisotopic (exact) mass is 373 g/mol. The van der Waals surface area contributed by atoms with Crippen LogP contribution in [0.3, 0.4) is 0 Å². The summed E-state index contributed by atoms with van der Waals surface area (Å²) in [4.78, 5) is 12.9. The molecule has 0 aliphatic heterocycles. The zero-order chi connectivity index (χ0) is 19.7. The molecule has 142 valence electrons. The van der Waals surface area contributed by atoms with Crippen LogP contribution in [0.1, 0.15) is 39.7 Å². The Kier molecular flexibility index (Phi) is 4.74. The van der Waals surface area contributed by atoms with E-state index in [2.05, 4.69) is 54.6 Å². The van der Waals surface area contributed by atoms with E-state index >= 15 is 0 Å². The van der Waals surface area contributed by atoms with Crippen molar-refractivity contribution >= 4 is 22.7 Å². The van der Waals surface area contributed by atoms with Gasteiger partial charge in [0.1, 0.15) is 11.4 Å². The maximum absolute atomic E-state index is 12.9. The number of aryl methyl sites for hydroxylation is 3. The number of benzene rings is 2. The number of carbonyl (C=O) groups excluding carboxylic acids is 1. The third kappa shape index (κ3) is 3.43. The summed E-state index contributed by atoms with van der Waals surface area (Å²) in [5.74, 6) is 0.712. The molecule has 0 saturated carbocycles. The number of anilines is 1. The summed E-state index contributed by atoms with van der Waals surface area (Å²) in [5.41, 5.74) is 5.14. The van der Waals surface area contributed by atoms with Gasteiger partial charge in [0.2, 0.25) is 0 Å². The molecule has 0 aliphatic carbocycles. The molecule has 0 bridgehead atoms. The molecule has 5 nitrogen and oxygen atoms in total. The second-order valence-electron chi connectivity index (χ2n) is 7.05. The van der Waals surface area contributed by atoms with Crippen LogP contribution in [0.4, 0.5) is 5.82 Å². The highest BCUT2D eigenvalue weighted by Crippen LogP contribution is 2.27. The molecule has 4 rings (SSSR count). The molecular weight excluding hydrogens is 350 g/mol. The Balaban J connectivity index is 1.58. The Bertz CT molecular complexity index is 1140. The lowest BCUT2D eigenvalue weighted by Crippen LogP contribution is -2.16. The molecule has 0 unspecified atom stereocenters. The lowest BCUT2D eigenvalue weighted by molar-refractivity contribution is 0.0997. The smallest absolute Gasteiger partial charge is 0.292 e. The summed E-state index contributed by atoms with van der Waals surface area (Å²) in [6.45, 7) is 6.67. The van der Waals surface area contributed by atoms with E-state index < -0.39 is 0 Å². The normalized spacial score (nSPS) is 11.1. The van der Waals surface area contributed by atoms with Crippen LogP contribution in [-0.4, -0.2) is 15.7 Å². The van der Waals surface area contributed by atoms with Crippen molar-refractivity contribution in [2.24, 2.45) is 0 Å². The van der Waals surface area contributed by atoms with Crippen molar-refractivity contribution < 1.29 is 9.21 Å². The van der Waals surface area contributed by atoms with Crippen LogP contribution in [-0.2, 0) is 13.0 Å². The van der Waals surface area contributed by atoms with Gasteiger partial charge in [0, 0.05) is 17.0 Å². The third-order valence-corrected chi connectivity index (χ3v) is 5.03. The number of fused-ring (bicyclic) bond motifs is 1. The average molecular weight is 373 g/mol. The van der Waals surface area contributed by atoms with E-state index in [9.17, 15) is 4.79 Å². The van der Waals surface area contributed by atoms with E-state index in [0.29, 0.717) is 18.1 Å². The molecule has 5 heteroatoms. The molecule has 2 heterocycles. The summed E-state index contributed by atoms with van der Waals surface area (Å²) in [6, 6.07) is 16.1. The molecule has 0 spiro atoms. The number of amides is 1. The van der Waals surface area contributed by atoms with Crippen molar-refractivity contribution in [3.8, 4) is 0 Å². The summed E-state index contributed by atoms with van der Waals surface area (Å²) in [7, 11) is 0. The number of carbonyl (C=O) groups is 1. The molecule has 0 atom stereocenters. The second-order valence-corrected chi connectivity index (χ2v) is 7.05. The zero-order valence-corrected chi connectivity index (χ0v) is 16.3. The minimum absolute atomic E-state index is 0.266. The Hall–Kier alpha value is -3.34. The van der Waals surface area contributed by atoms with E-state index in [1.807, 2.05) is 19.1 Å². The molecule has 1 N–H and O–H groups in total. The molecule has 0 saturated heterocycles. The largest absolute Gasteiger partial charge is 0.451 e. The number of rotatable bonds is 5. The van der Waals surface area contributed by atoms with Gasteiger partial charge >= 0.3 is 0 Å². The van der Waals surface area contributed by atoms with Gasteiger partial charge in [0.15, 0.2) is 5.76 Å². The van der Waals surface area contributed by atoms with Crippen molar-refractivity contribution in [3.05, 3.63) is 82.7 Å². The number of aromatic nitrogens is 2. The first-order valence-electron chi connectivity index (χ1n) is 9.46. The van der Waals surface area contributed by atoms with Gasteiger partial charge in [-0.1, -0.05) is 42.8 Å². The minimum atomic E-state index is -0.266. The Morgan fingerprint density at radius 3 is 2.57 bits per heavy atom. The fourth-order valence-corrected chi connectivity index (χ4v) is 3.31. The molecule has 1 amide bonds. The maximum Gasteiger partial charge on any atom is 0.292 e. The van der Waals surface area contributed by atoms with Gasteiger partial charge in [-0.3, -0.25) is 4.79 Å². The predicted octanol–water partition coefficient (Wildman–Crippen LogP) is 5.11. The van der Waals surface area contributed by atoms with Crippen molar-refractivity contribution in [2.45, 2.75) is 33.7 Å². The van der Waals surface area contributed by atoms with Crippen LogP contribution in [0.2, 0.25) is 0 Å². The minimum Gasteiger partial charge on any atom is -0.451 e. The fraction of sp³-hybridized carbons (Fsp3) is 0.217. The average Bonchev–Trinajstić information content (AvgIpc) is 3.27. The highest BCUT2D eigenvalue weighted by Gasteiger charge is 2.19. The second kappa shape index (κ2) is 7.35. The van der Waals surface area contributed by atoms with Gasteiger partial charge in [0.25, 0.3) is 5.91 Å². The summed E-state index contributed by atoms with van der Waals surface area (Å²) in [6.07, 6.45) is 2.63. The molecule has 0 radical (unpaired) electrons. The van der Waals surface area contributed by atoms with Crippen molar-refractivity contribution in [2.75, 3.05) is 5.32 Å². The van der Waals surface area contributed by atoms with E-state index in [-0.39, 0.29) is 5.91 Å². The lowest BCUT2D eigenvalue weighted by Gasteiger charge is -2.09. The van der Waals surface area contributed by atoms with Gasteiger partial charge in [-0.2, -0.15) is 5.10 Å². The Morgan fingerprint density at radius 2 is 1.82 bits per heavy atom. The maximum atomic E-state index is 12.9. The molecule has 28 heavy (non-hydrogen) atoms. The number of nitrogens with one attached hydrogen (secondary N) is 1. The number of hydrogen-bond donors (Lipinski definition) is 1. The Morgan fingerprint density at radius 1 is 1.07 bits per heavy atom. The summed E-state index contributed by atoms with van der Waals surface area (Å²) < 4.78 is 7.61. The molecule has 4 aromatic rings. The highest BCUT2D eigenvalue weighted by atomic mass is 16.3. The van der Waals surface area contributed by atoms with E-state index in [0.717, 1.165) is 28.5 Å². The first kappa shape index (κ1) is 18.0. The van der Waals surface area contributed by atoms with E-state index in [1.54, 1.807) is 16.9 Å². The van der Waals surface area contributed by atoms with Gasteiger partial charge in [-0.15, -0.1) is 0 Å². The number of nitrogens with zero attached hydrogens (tertiary/aromatic N) is 2. The van der Waals surface area contributed by atoms with Gasteiger partial charge in [-0.25, -0.2) is 4.68 Å². The molecule has 2 aromatic heterocycles. The van der Waals surface area contributed by atoms with Crippen LogP contribution in [0.25, 0.3) is 11.0 Å². The van der Waals surface area contributed by atoms with E-state index in [4.69, 9.17) is 4.42 Å². The van der Waals surface area contributed by atoms with Gasteiger partial charge in [-0.05, 0) is 43.5 Å². The quantitative estimate of drug-likeness (QED) is 0.529. The summed E-state index contributed by atoms with van der Waals surface area (Å²) in [5, 5.41) is 8.26. The van der Waals surface area contributed by atoms with Crippen LogP contribution in [0.5, 0.6) is 0 Å². The van der Waals surface area contributed by atoms with Crippen molar-refractivity contribution in [1.29, 1.82) is 0 Å². The molecular formula is C23H23N3O2. The van der Waals surface area contributed by atoms with Gasteiger partial charge < -0.3 is 9.73 Å². The lowest BCUT2D eigenvalue weighted by atomic mass is 10.1. The number of hydrogen-bond acceptors (Lipinski definition) is 3. The van der Waals surface area contributed by atoms with Crippen LogP contribution >= 0.6 is 0 Å². The van der Waals surface area contributed by atoms with Gasteiger partial charge in [0.05, 0.1) is 12.7 Å². The van der Waals surface area contributed by atoms with Crippen molar-refractivity contribution in [1.82, 2.24) is 9.78 Å². The highest BCUT2D eigenvalue weighted by molar-refractivity contribution is 6.06. The standard InChI is InChI=1S/C23H23N3O2/c1-4-17-9-10-20-19(13-17)16(3)22(28-20)23(27)25-21-11-12-24-26(21)14-18-7-5-15(2)6-8-18/h5-13H,4,14H2,1-3H3,(H,25,27). The van der Waals surface area contributed by atoms with Crippen LogP contribution in [0, 0.1) is 13.8 Å². The van der Waals surface area contributed by atoms with E-state index in [1.165, 1.54) is 11.1 Å². The summed E-state index contributed by atoms with van der Waals surface area (Å²) >= 11 is 0. The van der Waals surface area contributed by atoms with Crippen LogP contribution < -0.4 is 5.32 Å². The molecule has 2 aromatic carbocycles. The number of furan rings is 1. The predicted molar refractivity (Wildman–Crippen MR) is 111 cm³/mol. The van der Waals surface area contributed by atoms with Crippen molar-refractivity contribution in [3.63, 3.8) is 0 Å². The third-order valence-electron chi connectivity index (χ3n) is 5.03. The topological polar surface area (TPSA) is 60.1 Å². The first-order valence-corrected chi connectivity index (χ1v) is 9.46. The first-order chi connectivity index (χ1) is 13.5. The molecule has 0 fully saturated rings. The SMILES string of the molecule is CCc1ccc2oc(C(=O)Nc3ccnn3Cc3ccc(C)cc3)c(C)c2c1. The molecule has 0 aliphatic rings. The zero-order valence-electron chi connectivity index (χ0n) is 16.3. The Labute approximate surface area is 164 Å².